The number of amides is 1. The van der Waals surface area contributed by atoms with E-state index in [0.29, 0.717) is 10.8 Å². The zero-order valence-corrected chi connectivity index (χ0v) is 11.8. The number of carbonyl (C=O) groups excluding carboxylic acids is 2. The van der Waals surface area contributed by atoms with Gasteiger partial charge in [-0.15, -0.1) is 0 Å². The second kappa shape index (κ2) is 4.81. The van der Waals surface area contributed by atoms with Gasteiger partial charge in [0.05, 0.1) is 12.1 Å². The fourth-order valence-corrected chi connectivity index (χ4v) is 2.06. The number of fused-ring (bicyclic) bond motifs is 1. The molecule has 0 spiro atoms. The van der Waals surface area contributed by atoms with E-state index in [1.807, 2.05) is 0 Å². The fraction of sp³-hybridized carbons (Fsp3) is 0.462. The molecular weight excluding hydrogens is 268 g/mol. The summed E-state index contributed by atoms with van der Waals surface area (Å²) in [5, 5.41) is 0.294. The molecule has 0 fully saturated rings. The van der Waals surface area contributed by atoms with Crippen LogP contribution in [0.5, 0.6) is 0 Å². The van der Waals surface area contributed by atoms with Crippen molar-refractivity contribution in [3.8, 4) is 0 Å². The van der Waals surface area contributed by atoms with E-state index in [2.05, 4.69) is 4.98 Å². The third kappa shape index (κ3) is 3.23. The van der Waals surface area contributed by atoms with Crippen molar-refractivity contribution < 1.29 is 14.3 Å². The number of rotatable bonds is 2. The van der Waals surface area contributed by atoms with E-state index >= 15 is 0 Å². The van der Waals surface area contributed by atoms with Gasteiger partial charge in [0.15, 0.2) is 0 Å². The van der Waals surface area contributed by atoms with Gasteiger partial charge in [0.1, 0.15) is 17.3 Å². The molecule has 0 atom stereocenters. The Balaban J connectivity index is 2.16. The van der Waals surface area contributed by atoms with Crippen LogP contribution in [0.1, 0.15) is 26.3 Å². The zero-order valence-electron chi connectivity index (χ0n) is 11.1. The Morgan fingerprint density at radius 2 is 2.21 bits per heavy atom. The third-order valence-corrected chi connectivity index (χ3v) is 2.78. The quantitative estimate of drug-likeness (QED) is 0.615. The van der Waals surface area contributed by atoms with E-state index in [4.69, 9.17) is 16.3 Å². The Bertz CT molecular complexity index is 537. The van der Waals surface area contributed by atoms with E-state index in [1.165, 1.54) is 4.90 Å². The van der Waals surface area contributed by atoms with Crippen molar-refractivity contribution >= 4 is 29.2 Å². The van der Waals surface area contributed by atoms with E-state index in [-0.39, 0.29) is 18.9 Å². The highest BCUT2D eigenvalue weighted by molar-refractivity contribution is 6.29. The fourth-order valence-electron chi connectivity index (χ4n) is 1.90. The minimum absolute atomic E-state index is 0.108. The number of aromatic nitrogens is 1. The highest BCUT2D eigenvalue weighted by Crippen LogP contribution is 2.30. The number of halogens is 1. The molecule has 1 amide bonds. The zero-order chi connectivity index (χ0) is 14.2. The lowest BCUT2D eigenvalue weighted by Crippen LogP contribution is -2.36. The number of nitrogens with zero attached hydrogens (tertiary/aromatic N) is 2. The second-order valence-corrected chi connectivity index (χ2v) is 5.77. The van der Waals surface area contributed by atoms with Crippen LogP contribution in [-0.2, 0) is 20.7 Å². The van der Waals surface area contributed by atoms with Gasteiger partial charge in [-0.2, -0.15) is 0 Å². The first kappa shape index (κ1) is 13.8. The molecule has 0 radical (unpaired) electrons. The van der Waals surface area contributed by atoms with Gasteiger partial charge < -0.3 is 9.64 Å². The van der Waals surface area contributed by atoms with Crippen LogP contribution >= 0.6 is 11.6 Å². The lowest BCUT2D eigenvalue weighted by molar-refractivity contribution is -0.153. The molecule has 1 aromatic rings. The van der Waals surface area contributed by atoms with Crippen LogP contribution in [0.2, 0.25) is 5.15 Å². The Morgan fingerprint density at radius 1 is 1.53 bits per heavy atom. The average Bonchev–Trinajstić information content (AvgIpc) is 2.53. The number of ether oxygens (including phenoxy) is 1. The average molecular weight is 283 g/mol. The molecule has 0 saturated heterocycles. The molecule has 0 bridgehead atoms. The summed E-state index contributed by atoms with van der Waals surface area (Å²) in [6.45, 7) is 5.24. The minimum atomic E-state index is -0.571. The molecule has 5 nitrogen and oxygen atoms in total. The number of anilines is 1. The summed E-state index contributed by atoms with van der Waals surface area (Å²) in [5.41, 5.74) is 0.840. The van der Waals surface area contributed by atoms with E-state index in [1.54, 1.807) is 33.0 Å². The predicted molar refractivity (Wildman–Crippen MR) is 71.1 cm³/mol. The van der Waals surface area contributed by atoms with Gasteiger partial charge in [-0.05, 0) is 26.8 Å². The molecule has 0 N–H and O–H groups in total. The van der Waals surface area contributed by atoms with Gasteiger partial charge in [0.2, 0.25) is 5.91 Å². The van der Waals surface area contributed by atoms with Crippen molar-refractivity contribution in [2.24, 2.45) is 0 Å². The van der Waals surface area contributed by atoms with Gasteiger partial charge in [0, 0.05) is 11.8 Å². The van der Waals surface area contributed by atoms with Crippen molar-refractivity contribution in [1.29, 1.82) is 0 Å². The molecule has 1 aliphatic rings. The lowest BCUT2D eigenvalue weighted by atomic mass is 10.2. The smallest absolute Gasteiger partial charge is 0.326 e. The Labute approximate surface area is 116 Å². The number of carbonyl (C=O) groups is 2. The van der Waals surface area contributed by atoms with Crippen molar-refractivity contribution in [3.63, 3.8) is 0 Å². The SMILES string of the molecule is CC(C)(C)OC(=O)CN1C(=O)Cc2cnc(Cl)cc21. The first-order chi connectivity index (χ1) is 8.76. The molecular formula is C13H15ClN2O3. The summed E-state index contributed by atoms with van der Waals surface area (Å²) in [5.74, 6) is -0.591. The van der Waals surface area contributed by atoms with Gasteiger partial charge in [-0.1, -0.05) is 11.6 Å². The van der Waals surface area contributed by atoms with Gasteiger partial charge >= 0.3 is 5.97 Å². The van der Waals surface area contributed by atoms with Gasteiger partial charge in [-0.3, -0.25) is 9.59 Å². The molecule has 102 valence electrons. The first-order valence-electron chi connectivity index (χ1n) is 5.93. The molecule has 0 saturated carbocycles. The molecule has 2 heterocycles. The molecule has 1 aliphatic heterocycles. The van der Waals surface area contributed by atoms with Crippen molar-refractivity contribution in [3.05, 3.63) is 23.0 Å². The predicted octanol–water partition coefficient (Wildman–Crippen LogP) is 1.97. The lowest BCUT2D eigenvalue weighted by Gasteiger charge is -2.22. The van der Waals surface area contributed by atoms with Gasteiger partial charge in [-0.25, -0.2) is 4.98 Å². The summed E-state index contributed by atoms with van der Waals surface area (Å²) < 4.78 is 5.21. The normalized spacial score (nSPS) is 14.5. The van der Waals surface area contributed by atoms with Crippen LogP contribution in [0, 0.1) is 0 Å². The maximum absolute atomic E-state index is 11.9. The summed E-state index contributed by atoms with van der Waals surface area (Å²) in [6, 6.07) is 1.59. The molecule has 1 aromatic heterocycles. The first-order valence-corrected chi connectivity index (χ1v) is 6.31. The molecule has 0 unspecified atom stereocenters. The number of hydrogen-bond acceptors (Lipinski definition) is 4. The van der Waals surface area contributed by atoms with Crippen LogP contribution in [0.3, 0.4) is 0 Å². The monoisotopic (exact) mass is 282 g/mol. The van der Waals surface area contributed by atoms with Crippen LogP contribution < -0.4 is 4.90 Å². The van der Waals surface area contributed by atoms with E-state index in [0.717, 1.165) is 5.56 Å². The number of hydrogen-bond donors (Lipinski definition) is 0. The summed E-state index contributed by atoms with van der Waals surface area (Å²) in [4.78, 5) is 29.0. The van der Waals surface area contributed by atoms with Crippen molar-refractivity contribution in [2.75, 3.05) is 11.4 Å². The highest BCUT2D eigenvalue weighted by Gasteiger charge is 2.30. The van der Waals surface area contributed by atoms with Crippen molar-refractivity contribution in [1.82, 2.24) is 4.98 Å². The van der Waals surface area contributed by atoms with Crippen LogP contribution in [-0.4, -0.2) is 29.0 Å². The van der Waals surface area contributed by atoms with Crippen LogP contribution in [0.15, 0.2) is 12.3 Å². The number of esters is 1. The summed E-state index contributed by atoms with van der Waals surface area (Å²) in [7, 11) is 0. The van der Waals surface area contributed by atoms with Crippen LogP contribution in [0.4, 0.5) is 5.69 Å². The summed E-state index contributed by atoms with van der Waals surface area (Å²) >= 11 is 5.81. The number of pyridine rings is 1. The molecule has 0 aromatic carbocycles. The summed E-state index contributed by atoms with van der Waals surface area (Å²) in [6.07, 6.45) is 1.80. The Hall–Kier alpha value is -1.62. The largest absolute Gasteiger partial charge is 0.459 e. The third-order valence-electron chi connectivity index (χ3n) is 2.57. The molecule has 2 rings (SSSR count). The molecule has 0 aliphatic carbocycles. The topological polar surface area (TPSA) is 59.5 Å². The molecule has 6 heteroatoms. The minimum Gasteiger partial charge on any atom is -0.459 e. The van der Waals surface area contributed by atoms with Crippen molar-refractivity contribution in [2.45, 2.75) is 32.8 Å². The van der Waals surface area contributed by atoms with Crippen LogP contribution in [0.25, 0.3) is 0 Å². The van der Waals surface area contributed by atoms with Gasteiger partial charge in [0.25, 0.3) is 0 Å². The maximum Gasteiger partial charge on any atom is 0.326 e. The van der Waals surface area contributed by atoms with E-state index < -0.39 is 11.6 Å². The standard InChI is InChI=1S/C13H15ClN2O3/c1-13(2,3)19-12(18)7-16-9-5-10(14)15-6-8(9)4-11(16)17/h5-6H,4,7H2,1-3H3. The van der Waals surface area contributed by atoms with E-state index in [9.17, 15) is 9.59 Å². The Morgan fingerprint density at radius 3 is 2.84 bits per heavy atom. The molecule has 19 heavy (non-hydrogen) atoms. The maximum atomic E-state index is 11.9. The highest BCUT2D eigenvalue weighted by atomic mass is 35.5. The second-order valence-electron chi connectivity index (χ2n) is 5.38. The Kier molecular flexibility index (Phi) is 3.49.